The Hall–Kier alpha value is -4.66. The Morgan fingerprint density at radius 1 is 1.05 bits per heavy atom. The van der Waals surface area contributed by atoms with Crippen LogP contribution >= 0.6 is 0 Å². The van der Waals surface area contributed by atoms with E-state index in [4.69, 9.17) is 24.7 Å². The minimum Gasteiger partial charge on any atom is -0.493 e. The number of hydrogen-bond acceptors (Lipinski definition) is 10. The first kappa shape index (κ1) is 26.4. The molecule has 4 aromatic rings. The molecule has 0 spiro atoms. The Kier molecular flexibility index (Phi) is 7.76. The summed E-state index contributed by atoms with van der Waals surface area (Å²) in [6.07, 6.45) is -1.88. The highest BCUT2D eigenvalue weighted by Crippen LogP contribution is 2.36. The molecular formula is C23H22F3N7O5. The molecule has 3 heterocycles. The van der Waals surface area contributed by atoms with E-state index in [-0.39, 0.29) is 36.2 Å². The Morgan fingerprint density at radius 3 is 2.47 bits per heavy atom. The van der Waals surface area contributed by atoms with Gasteiger partial charge in [-0.05, 0) is 18.2 Å². The van der Waals surface area contributed by atoms with Gasteiger partial charge in [-0.15, -0.1) is 10.2 Å². The summed E-state index contributed by atoms with van der Waals surface area (Å²) >= 11 is 0. The van der Waals surface area contributed by atoms with Crippen molar-refractivity contribution in [1.82, 2.24) is 25.0 Å². The summed E-state index contributed by atoms with van der Waals surface area (Å²) in [6, 6.07) is 7.89. The molecule has 200 valence electrons. The average molecular weight is 533 g/mol. The summed E-state index contributed by atoms with van der Waals surface area (Å²) in [5.41, 5.74) is 5.69. The van der Waals surface area contributed by atoms with Crippen molar-refractivity contribution < 1.29 is 36.9 Å². The molecule has 38 heavy (non-hydrogen) atoms. The fourth-order valence-electron chi connectivity index (χ4n) is 3.34. The standard InChI is InChI=1S/C23H22F3N7O5/c1-35-16-9-13-14(10-17(16)36-2)28-7-5-15(13)38-20-4-3-19(30-31-20)29-22(34)21-18(37-12-23(24,25)26)11-33(32-21)8-6-27/h3-5,7,9-11H,6,8,12,27H2,1-2H3,(H,29,30,34). The van der Waals surface area contributed by atoms with E-state index in [9.17, 15) is 18.0 Å². The molecule has 0 saturated carbocycles. The van der Waals surface area contributed by atoms with Gasteiger partial charge in [-0.3, -0.25) is 14.5 Å². The van der Waals surface area contributed by atoms with Crippen molar-refractivity contribution in [2.75, 3.05) is 32.7 Å². The third kappa shape index (κ3) is 6.18. The lowest BCUT2D eigenvalue weighted by Crippen LogP contribution is -2.21. The highest BCUT2D eigenvalue weighted by Gasteiger charge is 2.30. The monoisotopic (exact) mass is 533 g/mol. The van der Waals surface area contributed by atoms with Crippen molar-refractivity contribution >= 4 is 22.6 Å². The number of ether oxygens (including phenoxy) is 4. The second-order valence-corrected chi connectivity index (χ2v) is 7.64. The van der Waals surface area contributed by atoms with Gasteiger partial charge >= 0.3 is 6.18 Å². The number of anilines is 1. The van der Waals surface area contributed by atoms with Crippen LogP contribution in [0.25, 0.3) is 10.9 Å². The van der Waals surface area contributed by atoms with Gasteiger partial charge in [0, 0.05) is 30.3 Å². The van der Waals surface area contributed by atoms with Gasteiger partial charge in [0.15, 0.2) is 35.4 Å². The number of carbonyl (C=O) groups is 1. The van der Waals surface area contributed by atoms with Gasteiger partial charge in [0.25, 0.3) is 5.91 Å². The molecule has 3 aromatic heterocycles. The fraction of sp³-hybridized carbons (Fsp3) is 0.261. The summed E-state index contributed by atoms with van der Waals surface area (Å²) in [5.74, 6) is 0.313. The van der Waals surface area contributed by atoms with Crippen LogP contribution < -0.4 is 30.0 Å². The molecule has 0 atom stereocenters. The molecular weight excluding hydrogens is 511 g/mol. The van der Waals surface area contributed by atoms with Crippen LogP contribution in [-0.2, 0) is 6.54 Å². The molecule has 0 aliphatic rings. The average Bonchev–Trinajstić information content (AvgIpc) is 3.31. The Morgan fingerprint density at radius 2 is 1.82 bits per heavy atom. The number of amides is 1. The minimum absolute atomic E-state index is 0.00323. The SMILES string of the molecule is COc1cc2nccc(Oc3ccc(NC(=O)c4nn(CCN)cc4OCC(F)(F)F)nn3)c2cc1OC. The second kappa shape index (κ2) is 11.2. The molecule has 0 unspecified atom stereocenters. The molecule has 1 amide bonds. The quantitative estimate of drug-likeness (QED) is 0.311. The normalized spacial score (nSPS) is 11.3. The number of nitrogens with one attached hydrogen (secondary N) is 1. The zero-order valence-electron chi connectivity index (χ0n) is 20.2. The van der Waals surface area contributed by atoms with E-state index >= 15 is 0 Å². The van der Waals surface area contributed by atoms with Crippen LogP contribution in [0.1, 0.15) is 10.5 Å². The number of hydrogen-bond donors (Lipinski definition) is 2. The smallest absolute Gasteiger partial charge is 0.422 e. The molecule has 4 rings (SSSR count). The van der Waals surface area contributed by atoms with E-state index in [0.717, 1.165) is 0 Å². The summed E-state index contributed by atoms with van der Waals surface area (Å²) in [4.78, 5) is 17.0. The van der Waals surface area contributed by atoms with Crippen LogP contribution in [0.3, 0.4) is 0 Å². The fourth-order valence-corrected chi connectivity index (χ4v) is 3.34. The molecule has 0 aliphatic heterocycles. The van der Waals surface area contributed by atoms with Crippen molar-refractivity contribution in [2.24, 2.45) is 5.73 Å². The number of aromatic nitrogens is 5. The van der Waals surface area contributed by atoms with E-state index < -0.39 is 18.7 Å². The van der Waals surface area contributed by atoms with Crippen molar-refractivity contribution in [3.8, 4) is 28.9 Å². The maximum absolute atomic E-state index is 12.7. The van der Waals surface area contributed by atoms with Crippen LogP contribution in [0.4, 0.5) is 19.0 Å². The Labute approximate surface area is 213 Å². The first-order chi connectivity index (χ1) is 18.2. The van der Waals surface area contributed by atoms with Crippen molar-refractivity contribution in [3.05, 3.63) is 48.4 Å². The second-order valence-electron chi connectivity index (χ2n) is 7.64. The number of nitrogens with zero attached hydrogens (tertiary/aromatic N) is 5. The lowest BCUT2D eigenvalue weighted by atomic mass is 10.2. The summed E-state index contributed by atoms with van der Waals surface area (Å²) in [6.45, 7) is -1.26. The van der Waals surface area contributed by atoms with E-state index in [1.165, 1.54) is 37.2 Å². The number of fused-ring (bicyclic) bond motifs is 1. The van der Waals surface area contributed by atoms with E-state index in [2.05, 4.69) is 25.6 Å². The number of halogens is 3. The number of benzene rings is 1. The van der Waals surface area contributed by atoms with Crippen molar-refractivity contribution in [2.45, 2.75) is 12.7 Å². The molecule has 0 saturated heterocycles. The number of methoxy groups -OCH3 is 2. The highest BCUT2D eigenvalue weighted by molar-refractivity contribution is 6.04. The van der Waals surface area contributed by atoms with Crippen LogP contribution in [-0.4, -0.2) is 64.4 Å². The van der Waals surface area contributed by atoms with Gasteiger partial charge in [-0.25, -0.2) is 0 Å². The lowest BCUT2D eigenvalue weighted by molar-refractivity contribution is -0.153. The number of nitrogens with two attached hydrogens (primary N) is 1. The van der Waals surface area contributed by atoms with Crippen LogP contribution in [0, 0.1) is 0 Å². The first-order valence-corrected chi connectivity index (χ1v) is 11.0. The largest absolute Gasteiger partial charge is 0.493 e. The Bertz CT molecular complexity index is 1430. The predicted molar refractivity (Wildman–Crippen MR) is 128 cm³/mol. The summed E-state index contributed by atoms with van der Waals surface area (Å²) in [5, 5.41) is 14.9. The van der Waals surface area contributed by atoms with E-state index in [1.54, 1.807) is 24.4 Å². The molecule has 0 radical (unpaired) electrons. The Balaban J connectivity index is 1.50. The molecule has 15 heteroatoms. The van der Waals surface area contributed by atoms with Gasteiger partial charge in [0.2, 0.25) is 5.88 Å². The van der Waals surface area contributed by atoms with Gasteiger partial charge in [0.05, 0.1) is 32.5 Å². The van der Waals surface area contributed by atoms with Crippen LogP contribution in [0.5, 0.6) is 28.9 Å². The zero-order valence-corrected chi connectivity index (χ0v) is 20.2. The maximum Gasteiger partial charge on any atom is 0.422 e. The minimum atomic E-state index is -4.59. The van der Waals surface area contributed by atoms with Gasteiger partial charge < -0.3 is 30.0 Å². The number of alkyl halides is 3. The number of carbonyl (C=O) groups excluding carboxylic acids is 1. The van der Waals surface area contributed by atoms with E-state index in [0.29, 0.717) is 28.2 Å². The third-order valence-electron chi connectivity index (χ3n) is 5.00. The molecule has 0 bridgehead atoms. The topological polar surface area (TPSA) is 149 Å². The number of rotatable bonds is 10. The maximum atomic E-state index is 12.7. The molecule has 0 fully saturated rings. The van der Waals surface area contributed by atoms with Crippen LogP contribution in [0.2, 0.25) is 0 Å². The summed E-state index contributed by atoms with van der Waals surface area (Å²) < 4.78 is 60.3. The van der Waals surface area contributed by atoms with E-state index in [1.807, 2.05) is 0 Å². The molecule has 0 aliphatic carbocycles. The molecule has 3 N–H and O–H groups in total. The summed E-state index contributed by atoms with van der Waals surface area (Å²) in [7, 11) is 3.02. The van der Waals surface area contributed by atoms with Crippen LogP contribution in [0.15, 0.2) is 42.7 Å². The lowest BCUT2D eigenvalue weighted by Gasteiger charge is -2.12. The first-order valence-electron chi connectivity index (χ1n) is 11.0. The van der Waals surface area contributed by atoms with Crippen molar-refractivity contribution in [3.63, 3.8) is 0 Å². The predicted octanol–water partition coefficient (Wildman–Crippen LogP) is 3.18. The molecule has 1 aromatic carbocycles. The third-order valence-corrected chi connectivity index (χ3v) is 5.00. The zero-order chi connectivity index (χ0) is 27.3. The van der Waals surface area contributed by atoms with Gasteiger partial charge in [-0.2, -0.15) is 18.3 Å². The highest BCUT2D eigenvalue weighted by atomic mass is 19.4. The van der Waals surface area contributed by atoms with Crippen molar-refractivity contribution in [1.29, 1.82) is 0 Å². The number of pyridine rings is 1. The molecule has 12 nitrogen and oxygen atoms in total. The van der Waals surface area contributed by atoms with Gasteiger partial charge in [-0.1, -0.05) is 0 Å². The van der Waals surface area contributed by atoms with Gasteiger partial charge in [0.1, 0.15) is 5.75 Å².